The predicted molar refractivity (Wildman–Crippen MR) is 114 cm³/mol. The number of esters is 1. The van der Waals surface area contributed by atoms with E-state index in [1.54, 1.807) is 24.3 Å². The van der Waals surface area contributed by atoms with Crippen molar-refractivity contribution >= 4 is 33.3 Å². The molecule has 0 aliphatic rings. The van der Waals surface area contributed by atoms with Crippen LogP contribution in [0.5, 0.6) is 5.75 Å². The van der Waals surface area contributed by atoms with Gasteiger partial charge in [-0.25, -0.2) is 13.2 Å². The topological polar surface area (TPSA) is 96.7 Å². The molecule has 7 nitrogen and oxygen atoms in total. The lowest BCUT2D eigenvalue weighted by Crippen LogP contribution is -2.31. The number of halogens is 1. The number of nitriles is 1. The second-order valence-corrected chi connectivity index (χ2v) is 8.33. The van der Waals surface area contributed by atoms with Crippen LogP contribution in [0.3, 0.4) is 0 Å². The van der Waals surface area contributed by atoms with E-state index in [0.717, 1.165) is 4.31 Å². The van der Waals surface area contributed by atoms with Gasteiger partial charge in [-0.1, -0.05) is 17.7 Å². The third kappa shape index (κ3) is 5.53. The lowest BCUT2D eigenvalue weighted by molar-refractivity contribution is 0.0501. The summed E-state index contributed by atoms with van der Waals surface area (Å²) >= 11 is 6.08. The van der Waals surface area contributed by atoms with E-state index in [9.17, 15) is 13.2 Å². The second kappa shape index (κ2) is 10.7. The summed E-state index contributed by atoms with van der Waals surface area (Å²) in [6, 6.07) is 12.3. The van der Waals surface area contributed by atoms with Gasteiger partial charge in [0.2, 0.25) is 0 Å². The molecule has 0 saturated heterocycles. The molecular formula is C21H21ClN2O5S. The molecule has 0 unspecified atom stereocenters. The molecule has 0 spiro atoms. The molecule has 9 heteroatoms. The Morgan fingerprint density at radius 2 is 1.97 bits per heavy atom. The quantitative estimate of drug-likeness (QED) is 0.307. The van der Waals surface area contributed by atoms with E-state index in [2.05, 4.69) is 6.58 Å². The van der Waals surface area contributed by atoms with Crippen molar-refractivity contribution in [1.29, 1.82) is 5.26 Å². The molecule has 0 saturated carbocycles. The highest BCUT2D eigenvalue weighted by molar-refractivity contribution is 7.92. The molecule has 0 amide bonds. The molecule has 0 heterocycles. The van der Waals surface area contributed by atoms with Crippen LogP contribution in [0, 0.1) is 11.3 Å². The zero-order valence-corrected chi connectivity index (χ0v) is 17.9. The number of carbonyl (C=O) groups excluding carboxylic acids is 1. The largest absolute Gasteiger partial charge is 0.497 e. The van der Waals surface area contributed by atoms with Crippen LogP contribution in [0.2, 0.25) is 5.02 Å². The van der Waals surface area contributed by atoms with Gasteiger partial charge in [0.05, 0.1) is 47.5 Å². The van der Waals surface area contributed by atoms with Gasteiger partial charge in [-0.2, -0.15) is 5.26 Å². The van der Waals surface area contributed by atoms with Gasteiger partial charge in [-0.3, -0.25) is 4.31 Å². The van der Waals surface area contributed by atoms with E-state index in [1.807, 2.05) is 6.07 Å². The predicted octanol–water partition coefficient (Wildman–Crippen LogP) is 4.19. The minimum Gasteiger partial charge on any atom is -0.497 e. The van der Waals surface area contributed by atoms with Gasteiger partial charge < -0.3 is 9.47 Å². The molecule has 2 aromatic carbocycles. The normalized spacial score (nSPS) is 10.7. The van der Waals surface area contributed by atoms with E-state index in [0.29, 0.717) is 17.9 Å². The Morgan fingerprint density at radius 1 is 1.27 bits per heavy atom. The second-order valence-electron chi connectivity index (χ2n) is 6.06. The number of methoxy groups -OCH3 is 1. The first-order valence-corrected chi connectivity index (χ1v) is 10.8. The SMILES string of the molecule is C=CCN(c1ccc(OC)cc1)S(=O)(=O)c1ccc(Cl)c(C(=O)OCCCC#N)c1. The Balaban J connectivity index is 2.37. The van der Waals surface area contributed by atoms with Crippen LogP contribution in [0.4, 0.5) is 5.69 Å². The molecular weight excluding hydrogens is 428 g/mol. The summed E-state index contributed by atoms with van der Waals surface area (Å²) in [7, 11) is -2.51. The molecule has 0 aromatic heterocycles. The molecule has 0 atom stereocenters. The van der Waals surface area contributed by atoms with Gasteiger partial charge in [-0.05, 0) is 48.9 Å². The van der Waals surface area contributed by atoms with Crippen LogP contribution in [0.15, 0.2) is 60.0 Å². The van der Waals surface area contributed by atoms with E-state index < -0.39 is 16.0 Å². The first-order chi connectivity index (χ1) is 14.3. The van der Waals surface area contributed by atoms with Crippen LogP contribution in [-0.2, 0) is 14.8 Å². The summed E-state index contributed by atoms with van der Waals surface area (Å²) in [4.78, 5) is 12.2. The van der Waals surface area contributed by atoms with E-state index in [4.69, 9.17) is 26.3 Å². The number of sulfonamides is 1. The van der Waals surface area contributed by atoms with Crippen molar-refractivity contribution < 1.29 is 22.7 Å². The van der Waals surface area contributed by atoms with Crippen LogP contribution in [0.25, 0.3) is 0 Å². The fourth-order valence-electron chi connectivity index (χ4n) is 2.55. The van der Waals surface area contributed by atoms with Crippen molar-refractivity contribution in [2.75, 3.05) is 24.6 Å². The number of nitrogens with zero attached hydrogens (tertiary/aromatic N) is 2. The Bertz CT molecular complexity index is 1050. The van der Waals surface area contributed by atoms with Gasteiger partial charge in [0.25, 0.3) is 10.0 Å². The molecule has 30 heavy (non-hydrogen) atoms. The minimum absolute atomic E-state index is 0.0191. The van der Waals surface area contributed by atoms with Gasteiger partial charge in [-0.15, -0.1) is 6.58 Å². The minimum atomic E-state index is -4.03. The molecule has 0 radical (unpaired) electrons. The van der Waals surface area contributed by atoms with E-state index in [1.165, 1.54) is 31.4 Å². The molecule has 2 rings (SSSR count). The number of rotatable bonds is 10. The average Bonchev–Trinajstić information content (AvgIpc) is 2.75. The van der Waals surface area contributed by atoms with Gasteiger partial charge in [0.15, 0.2) is 0 Å². The Labute approximate surface area is 181 Å². The summed E-state index contributed by atoms with van der Waals surface area (Å²) in [5, 5.41) is 8.61. The number of hydrogen-bond acceptors (Lipinski definition) is 6. The summed E-state index contributed by atoms with van der Waals surface area (Å²) in [6.45, 7) is 3.68. The first-order valence-electron chi connectivity index (χ1n) is 8.96. The Kier molecular flexibility index (Phi) is 8.27. The van der Waals surface area contributed by atoms with Gasteiger partial charge in [0.1, 0.15) is 5.75 Å². The van der Waals surface area contributed by atoms with Crippen molar-refractivity contribution in [3.05, 3.63) is 65.7 Å². The van der Waals surface area contributed by atoms with Crippen LogP contribution >= 0.6 is 11.6 Å². The van der Waals surface area contributed by atoms with Gasteiger partial charge >= 0.3 is 5.97 Å². The average molecular weight is 449 g/mol. The lowest BCUT2D eigenvalue weighted by Gasteiger charge is -2.23. The molecule has 0 aliphatic heterocycles. The molecule has 0 N–H and O–H groups in total. The molecule has 0 bridgehead atoms. The smallest absolute Gasteiger partial charge is 0.339 e. The van der Waals surface area contributed by atoms with Crippen LogP contribution in [-0.4, -0.2) is 34.6 Å². The fourth-order valence-corrected chi connectivity index (χ4v) is 4.21. The summed E-state index contributed by atoms with van der Waals surface area (Å²) in [6.07, 6.45) is 2.08. The third-order valence-electron chi connectivity index (χ3n) is 4.07. The van der Waals surface area contributed by atoms with Crippen molar-refractivity contribution in [3.8, 4) is 11.8 Å². The number of carbonyl (C=O) groups is 1. The number of hydrogen-bond donors (Lipinski definition) is 0. The maximum absolute atomic E-state index is 13.3. The standard InChI is InChI=1S/C21H21ClN2O5S/c1-3-13-24(16-6-8-17(28-2)9-7-16)30(26,27)18-10-11-20(22)19(15-18)21(25)29-14-5-4-12-23/h3,6-11,15H,1,4-5,13-14H2,2H3. The summed E-state index contributed by atoms with van der Waals surface area (Å²) < 4.78 is 37.9. The van der Waals surface area contributed by atoms with E-state index >= 15 is 0 Å². The van der Waals surface area contributed by atoms with Crippen LogP contribution < -0.4 is 9.04 Å². The van der Waals surface area contributed by atoms with Crippen LogP contribution in [0.1, 0.15) is 23.2 Å². The highest BCUT2D eigenvalue weighted by Gasteiger charge is 2.26. The molecule has 0 fully saturated rings. The molecule has 2 aromatic rings. The van der Waals surface area contributed by atoms with Crippen molar-refractivity contribution in [1.82, 2.24) is 0 Å². The van der Waals surface area contributed by atoms with Crippen molar-refractivity contribution in [2.24, 2.45) is 0 Å². The van der Waals surface area contributed by atoms with Gasteiger partial charge in [0, 0.05) is 6.42 Å². The zero-order chi connectivity index (χ0) is 22.1. The maximum Gasteiger partial charge on any atom is 0.339 e. The number of ether oxygens (including phenoxy) is 2. The lowest BCUT2D eigenvalue weighted by atomic mass is 10.2. The monoisotopic (exact) mass is 448 g/mol. The number of anilines is 1. The Morgan fingerprint density at radius 3 is 2.57 bits per heavy atom. The van der Waals surface area contributed by atoms with Crippen molar-refractivity contribution in [3.63, 3.8) is 0 Å². The summed E-state index contributed by atoms with van der Waals surface area (Å²) in [5.41, 5.74) is 0.342. The first kappa shape index (κ1) is 23.3. The summed E-state index contributed by atoms with van der Waals surface area (Å²) in [5.74, 6) is -0.169. The number of unbranched alkanes of at least 4 members (excludes halogenated alkanes) is 1. The molecule has 158 valence electrons. The maximum atomic E-state index is 13.3. The zero-order valence-electron chi connectivity index (χ0n) is 16.4. The highest BCUT2D eigenvalue weighted by Crippen LogP contribution is 2.28. The fraction of sp³-hybridized carbons (Fsp3) is 0.238. The Hall–Kier alpha value is -3.02. The number of benzene rings is 2. The third-order valence-corrected chi connectivity index (χ3v) is 6.19. The molecule has 0 aliphatic carbocycles. The highest BCUT2D eigenvalue weighted by atomic mass is 35.5. The van der Waals surface area contributed by atoms with E-state index in [-0.39, 0.29) is 35.1 Å². The van der Waals surface area contributed by atoms with Crippen molar-refractivity contribution in [2.45, 2.75) is 17.7 Å².